The quantitative estimate of drug-likeness (QED) is 0.811. The molecule has 16 heavy (non-hydrogen) atoms. The van der Waals surface area contributed by atoms with Crippen LogP contribution in [0, 0.1) is 6.92 Å². The van der Waals surface area contributed by atoms with Crippen LogP contribution in [0.25, 0.3) is 0 Å². The second kappa shape index (κ2) is 5.78. The second-order valence-corrected chi connectivity index (χ2v) is 4.60. The zero-order valence-electron chi connectivity index (χ0n) is 11.0. The Balaban J connectivity index is 2.74. The van der Waals surface area contributed by atoms with Gasteiger partial charge in [-0.25, -0.2) is 0 Å². The van der Waals surface area contributed by atoms with Gasteiger partial charge in [0, 0.05) is 11.7 Å². The molecule has 0 spiro atoms. The summed E-state index contributed by atoms with van der Waals surface area (Å²) in [7, 11) is 0. The molecule has 0 bridgehead atoms. The molecule has 1 rings (SSSR count). The van der Waals surface area contributed by atoms with Gasteiger partial charge in [0.15, 0.2) is 0 Å². The van der Waals surface area contributed by atoms with E-state index in [0.717, 1.165) is 12.2 Å². The summed E-state index contributed by atoms with van der Waals surface area (Å²) in [6.45, 7) is 10.5. The number of aryl methyl sites for hydroxylation is 1. The lowest BCUT2D eigenvalue weighted by Gasteiger charge is -2.16. The monoisotopic (exact) mass is 221 g/mol. The Kier molecular flexibility index (Phi) is 4.66. The second-order valence-electron chi connectivity index (χ2n) is 4.60. The lowest BCUT2D eigenvalue weighted by atomic mass is 10.1. The molecule has 2 heteroatoms. The first-order chi connectivity index (χ1) is 7.52. The third-order valence-corrected chi connectivity index (χ3v) is 2.56. The van der Waals surface area contributed by atoms with Crippen molar-refractivity contribution in [3.63, 3.8) is 0 Å². The van der Waals surface area contributed by atoms with Gasteiger partial charge in [0.1, 0.15) is 5.75 Å². The van der Waals surface area contributed by atoms with Crippen LogP contribution in [0.2, 0.25) is 0 Å². The number of benzene rings is 1. The molecule has 0 heterocycles. The highest BCUT2D eigenvalue weighted by Crippen LogP contribution is 2.23. The van der Waals surface area contributed by atoms with Crippen LogP contribution in [0.1, 0.15) is 39.7 Å². The minimum absolute atomic E-state index is 0.229. The fraction of sp³-hybridized carbons (Fsp3) is 0.571. The van der Waals surface area contributed by atoms with Gasteiger partial charge in [-0.1, -0.05) is 6.92 Å². The molecule has 0 aliphatic rings. The van der Waals surface area contributed by atoms with Gasteiger partial charge >= 0.3 is 0 Å². The van der Waals surface area contributed by atoms with Gasteiger partial charge in [0.25, 0.3) is 0 Å². The van der Waals surface area contributed by atoms with E-state index in [0.29, 0.717) is 6.04 Å². The topological polar surface area (TPSA) is 21.3 Å². The van der Waals surface area contributed by atoms with Gasteiger partial charge in [-0.15, -0.1) is 0 Å². The average molecular weight is 221 g/mol. The molecule has 1 aromatic carbocycles. The molecule has 1 unspecified atom stereocenters. The van der Waals surface area contributed by atoms with Crippen molar-refractivity contribution in [3.05, 3.63) is 23.8 Å². The molecule has 0 amide bonds. The van der Waals surface area contributed by atoms with Crippen molar-refractivity contribution in [1.82, 2.24) is 0 Å². The molecule has 0 aliphatic heterocycles. The summed E-state index contributed by atoms with van der Waals surface area (Å²) < 4.78 is 5.70. The summed E-state index contributed by atoms with van der Waals surface area (Å²) in [5.74, 6) is 0.977. The first-order valence-electron chi connectivity index (χ1n) is 6.06. The van der Waals surface area contributed by atoms with Crippen molar-refractivity contribution < 1.29 is 4.74 Å². The Bertz CT molecular complexity index is 334. The Labute approximate surface area is 99.0 Å². The molecule has 0 aromatic heterocycles. The smallest absolute Gasteiger partial charge is 0.122 e. The number of anilines is 1. The maximum absolute atomic E-state index is 5.70. The van der Waals surface area contributed by atoms with Gasteiger partial charge in [0.2, 0.25) is 0 Å². The predicted molar refractivity (Wildman–Crippen MR) is 70.3 cm³/mol. The minimum atomic E-state index is 0.229. The molecule has 0 radical (unpaired) electrons. The van der Waals surface area contributed by atoms with Crippen molar-refractivity contribution in [2.24, 2.45) is 0 Å². The molecule has 0 fully saturated rings. The van der Waals surface area contributed by atoms with Crippen LogP contribution in [-0.2, 0) is 0 Å². The number of rotatable bonds is 5. The van der Waals surface area contributed by atoms with Gasteiger partial charge in [0.05, 0.1) is 6.10 Å². The summed E-state index contributed by atoms with van der Waals surface area (Å²) in [6, 6.07) is 6.78. The molecule has 2 nitrogen and oxygen atoms in total. The lowest BCUT2D eigenvalue weighted by Crippen LogP contribution is -2.13. The standard InChI is InChI=1S/C14H23NO/c1-6-12(5)15-13-7-8-14(11(4)9-13)16-10(2)3/h7-10,12,15H,6H2,1-5H3. The van der Waals surface area contributed by atoms with Crippen molar-refractivity contribution in [1.29, 1.82) is 0 Å². The van der Waals surface area contributed by atoms with Crippen molar-refractivity contribution in [3.8, 4) is 5.75 Å². The van der Waals surface area contributed by atoms with Crippen molar-refractivity contribution >= 4 is 5.69 Å². The zero-order chi connectivity index (χ0) is 12.1. The van der Waals surface area contributed by atoms with Gasteiger partial charge in [-0.2, -0.15) is 0 Å². The van der Waals surface area contributed by atoms with Gasteiger partial charge in [-0.3, -0.25) is 0 Å². The van der Waals surface area contributed by atoms with Crippen LogP contribution >= 0.6 is 0 Å². The lowest BCUT2D eigenvalue weighted by molar-refractivity contribution is 0.241. The van der Waals surface area contributed by atoms with Crippen molar-refractivity contribution in [2.45, 2.75) is 53.2 Å². The Hall–Kier alpha value is -1.18. The molecule has 0 aliphatic carbocycles. The van der Waals surface area contributed by atoms with Crippen LogP contribution in [0.5, 0.6) is 5.75 Å². The molecular weight excluding hydrogens is 198 g/mol. The van der Waals surface area contributed by atoms with Crippen molar-refractivity contribution in [2.75, 3.05) is 5.32 Å². The number of hydrogen-bond donors (Lipinski definition) is 1. The number of hydrogen-bond acceptors (Lipinski definition) is 2. The van der Waals surface area contributed by atoms with E-state index in [2.05, 4.69) is 38.2 Å². The third-order valence-electron chi connectivity index (χ3n) is 2.56. The summed E-state index contributed by atoms with van der Waals surface area (Å²) in [6.07, 6.45) is 1.36. The van der Waals surface area contributed by atoms with Gasteiger partial charge < -0.3 is 10.1 Å². The van der Waals surface area contributed by atoms with E-state index in [-0.39, 0.29) is 6.10 Å². The first kappa shape index (κ1) is 12.9. The summed E-state index contributed by atoms with van der Waals surface area (Å²) >= 11 is 0. The molecule has 90 valence electrons. The molecule has 0 saturated heterocycles. The molecule has 1 atom stereocenters. The molecule has 1 N–H and O–H groups in total. The Morgan fingerprint density at radius 2 is 1.94 bits per heavy atom. The normalized spacial score (nSPS) is 12.6. The fourth-order valence-electron chi connectivity index (χ4n) is 1.51. The highest BCUT2D eigenvalue weighted by Gasteiger charge is 2.04. The predicted octanol–water partition coefficient (Wildman–Crippen LogP) is 3.99. The van der Waals surface area contributed by atoms with E-state index >= 15 is 0 Å². The first-order valence-corrected chi connectivity index (χ1v) is 6.06. The van der Waals surface area contributed by atoms with E-state index in [1.807, 2.05) is 19.9 Å². The maximum Gasteiger partial charge on any atom is 0.122 e. The largest absolute Gasteiger partial charge is 0.491 e. The number of ether oxygens (including phenoxy) is 1. The van der Waals surface area contributed by atoms with Crippen LogP contribution in [0.3, 0.4) is 0 Å². The van der Waals surface area contributed by atoms with E-state index in [4.69, 9.17) is 4.74 Å². The average Bonchev–Trinajstić information content (AvgIpc) is 2.21. The summed E-state index contributed by atoms with van der Waals surface area (Å²) in [5, 5.41) is 3.46. The summed E-state index contributed by atoms with van der Waals surface area (Å²) in [4.78, 5) is 0. The Morgan fingerprint density at radius 3 is 2.44 bits per heavy atom. The van der Waals surface area contributed by atoms with E-state index in [1.54, 1.807) is 0 Å². The molecular formula is C14H23NO. The minimum Gasteiger partial charge on any atom is -0.491 e. The van der Waals surface area contributed by atoms with Crippen LogP contribution in [0.15, 0.2) is 18.2 Å². The number of nitrogens with one attached hydrogen (secondary N) is 1. The van der Waals surface area contributed by atoms with E-state index in [1.165, 1.54) is 11.3 Å². The zero-order valence-corrected chi connectivity index (χ0v) is 11.0. The van der Waals surface area contributed by atoms with Gasteiger partial charge in [-0.05, 0) is 57.9 Å². The SMILES string of the molecule is CCC(C)Nc1ccc(OC(C)C)c(C)c1. The molecule has 1 aromatic rings. The van der Waals surface area contributed by atoms with E-state index < -0.39 is 0 Å². The molecule has 0 saturated carbocycles. The third kappa shape index (κ3) is 3.76. The van der Waals surface area contributed by atoms with Crippen LogP contribution in [0.4, 0.5) is 5.69 Å². The highest BCUT2D eigenvalue weighted by atomic mass is 16.5. The highest BCUT2D eigenvalue weighted by molar-refractivity contribution is 5.51. The fourth-order valence-corrected chi connectivity index (χ4v) is 1.51. The Morgan fingerprint density at radius 1 is 1.25 bits per heavy atom. The van der Waals surface area contributed by atoms with E-state index in [9.17, 15) is 0 Å². The summed E-state index contributed by atoms with van der Waals surface area (Å²) in [5.41, 5.74) is 2.35. The van der Waals surface area contributed by atoms with Crippen LogP contribution in [-0.4, -0.2) is 12.1 Å². The maximum atomic E-state index is 5.70. The van der Waals surface area contributed by atoms with Crippen LogP contribution < -0.4 is 10.1 Å².